The van der Waals surface area contributed by atoms with Gasteiger partial charge in [-0.15, -0.1) is 0 Å². The Hall–Kier alpha value is -2.05. The van der Waals surface area contributed by atoms with E-state index in [1.165, 1.54) is 10.9 Å². The molecule has 4 unspecified atom stereocenters. The summed E-state index contributed by atoms with van der Waals surface area (Å²) in [6.45, 7) is 1.80. The predicted octanol–water partition coefficient (Wildman–Crippen LogP) is -2.09. The van der Waals surface area contributed by atoms with Gasteiger partial charge in [0, 0.05) is 12.5 Å². The number of anilines is 1. The highest BCUT2D eigenvalue weighted by Gasteiger charge is 2.33. The van der Waals surface area contributed by atoms with Crippen molar-refractivity contribution in [3.63, 3.8) is 0 Å². The number of hydrogen-bond donors (Lipinski definition) is 6. The van der Waals surface area contributed by atoms with E-state index in [4.69, 9.17) is 20.1 Å². The summed E-state index contributed by atoms with van der Waals surface area (Å²) in [6.07, 6.45) is -1.29. The highest BCUT2D eigenvalue weighted by atomic mass is 16.5. The topological polar surface area (TPSA) is 166 Å². The Morgan fingerprint density at radius 3 is 2.76 bits per heavy atom. The SMILES string of the molecule is CC1CC(O)n2c(nc3nc[nH]c3c2=O)N1.OC[C@H]1OCC(O)C1O. The maximum atomic E-state index is 12.0. The zero-order valence-electron chi connectivity index (χ0n) is 13.5. The average Bonchev–Trinajstić information content (AvgIpc) is 3.15. The second-order valence-electron chi connectivity index (χ2n) is 6.09. The van der Waals surface area contributed by atoms with Crippen LogP contribution in [0.3, 0.4) is 0 Å². The van der Waals surface area contributed by atoms with Crippen molar-refractivity contribution in [3.05, 3.63) is 16.7 Å². The van der Waals surface area contributed by atoms with E-state index in [1.54, 1.807) is 0 Å². The first-order valence-electron chi connectivity index (χ1n) is 7.91. The molecule has 0 saturated carbocycles. The summed E-state index contributed by atoms with van der Waals surface area (Å²) in [6, 6.07) is 0.0818. The van der Waals surface area contributed by atoms with Crippen LogP contribution in [-0.2, 0) is 4.74 Å². The molecule has 4 rings (SSSR count). The predicted molar refractivity (Wildman–Crippen MR) is 85.9 cm³/mol. The van der Waals surface area contributed by atoms with E-state index in [2.05, 4.69) is 20.3 Å². The second-order valence-corrected chi connectivity index (χ2v) is 6.09. The molecule has 1 fully saturated rings. The second kappa shape index (κ2) is 7.06. The van der Waals surface area contributed by atoms with Crippen molar-refractivity contribution in [1.29, 1.82) is 0 Å². The molecule has 6 N–H and O–H groups in total. The number of hydrogen-bond acceptors (Lipinski definition) is 9. The molecule has 11 heteroatoms. The van der Waals surface area contributed by atoms with Gasteiger partial charge in [0.2, 0.25) is 5.95 Å². The van der Waals surface area contributed by atoms with Gasteiger partial charge in [0.05, 0.1) is 19.5 Å². The maximum Gasteiger partial charge on any atom is 0.283 e. The van der Waals surface area contributed by atoms with Crippen molar-refractivity contribution in [1.82, 2.24) is 19.5 Å². The van der Waals surface area contributed by atoms with Gasteiger partial charge in [-0.05, 0) is 6.92 Å². The van der Waals surface area contributed by atoms with Crippen LogP contribution in [0.2, 0.25) is 0 Å². The minimum absolute atomic E-state index is 0.0818. The van der Waals surface area contributed by atoms with E-state index in [-0.39, 0.29) is 24.8 Å². The zero-order valence-corrected chi connectivity index (χ0v) is 13.5. The largest absolute Gasteiger partial charge is 0.394 e. The first kappa shape index (κ1) is 17.8. The van der Waals surface area contributed by atoms with E-state index in [0.29, 0.717) is 23.5 Å². The normalized spacial score (nSPS) is 31.2. The molecule has 2 aromatic heterocycles. The molecular formula is C14H21N5O6. The maximum absolute atomic E-state index is 12.0. The molecule has 1 saturated heterocycles. The van der Waals surface area contributed by atoms with Crippen LogP contribution < -0.4 is 10.9 Å². The van der Waals surface area contributed by atoms with Gasteiger partial charge in [-0.1, -0.05) is 0 Å². The fourth-order valence-electron chi connectivity index (χ4n) is 2.81. The van der Waals surface area contributed by atoms with Crippen LogP contribution in [0.15, 0.2) is 11.1 Å². The molecule has 0 amide bonds. The van der Waals surface area contributed by atoms with Crippen molar-refractivity contribution < 1.29 is 25.2 Å². The van der Waals surface area contributed by atoms with Crippen LogP contribution in [0, 0.1) is 0 Å². The quantitative estimate of drug-likeness (QED) is 0.336. The fourth-order valence-corrected chi connectivity index (χ4v) is 2.81. The summed E-state index contributed by atoms with van der Waals surface area (Å²) in [5.41, 5.74) is 0.383. The van der Waals surface area contributed by atoms with Gasteiger partial charge in [-0.25, -0.2) is 9.55 Å². The number of nitrogens with one attached hydrogen (secondary N) is 2. The highest BCUT2D eigenvalue weighted by molar-refractivity contribution is 5.70. The van der Waals surface area contributed by atoms with Crippen LogP contribution in [0.4, 0.5) is 5.95 Å². The summed E-state index contributed by atoms with van der Waals surface area (Å²) < 4.78 is 6.03. The number of aliphatic hydroxyl groups is 4. The Morgan fingerprint density at radius 1 is 1.40 bits per heavy atom. The van der Waals surface area contributed by atoms with Crippen molar-refractivity contribution >= 4 is 17.1 Å². The Balaban J connectivity index is 0.000000173. The highest BCUT2D eigenvalue weighted by Crippen LogP contribution is 2.22. The van der Waals surface area contributed by atoms with Gasteiger partial charge >= 0.3 is 0 Å². The van der Waals surface area contributed by atoms with Gasteiger partial charge < -0.3 is 35.5 Å². The van der Waals surface area contributed by atoms with Crippen molar-refractivity contribution in [2.75, 3.05) is 18.5 Å². The third-order valence-corrected chi connectivity index (χ3v) is 4.17. The van der Waals surface area contributed by atoms with Crippen molar-refractivity contribution in [2.45, 2.75) is 43.9 Å². The average molecular weight is 355 g/mol. The third kappa shape index (κ3) is 3.37. The van der Waals surface area contributed by atoms with Crippen LogP contribution >= 0.6 is 0 Å². The number of H-pyrrole nitrogens is 1. The molecule has 0 aliphatic carbocycles. The molecule has 11 nitrogen and oxygen atoms in total. The summed E-state index contributed by atoms with van der Waals surface area (Å²) in [4.78, 5) is 22.8. The Morgan fingerprint density at radius 2 is 2.16 bits per heavy atom. The van der Waals surface area contributed by atoms with Crippen LogP contribution in [-0.4, -0.2) is 77.5 Å². The molecule has 0 aromatic carbocycles. The van der Waals surface area contributed by atoms with Crippen molar-refractivity contribution in [3.8, 4) is 0 Å². The van der Waals surface area contributed by atoms with Crippen LogP contribution in [0.25, 0.3) is 11.2 Å². The number of rotatable bonds is 1. The zero-order chi connectivity index (χ0) is 18.1. The monoisotopic (exact) mass is 355 g/mol. The van der Waals surface area contributed by atoms with E-state index >= 15 is 0 Å². The standard InChI is InChI=1S/C9H11N5O2.C5H10O4/c1-4-2-5(15)14-8(16)6-7(11-3-10-6)13-9(14)12-4;6-1-4-5(8)3(7)2-9-4/h3-5,15H,2H2,1H3,(H,10,11)(H,12,13);3-8H,1-2H2/t;3?,4-,5?/m.1/s1. The summed E-state index contributed by atoms with van der Waals surface area (Å²) >= 11 is 0. The van der Waals surface area contributed by atoms with E-state index in [1.807, 2.05) is 6.92 Å². The molecule has 2 aliphatic heterocycles. The smallest absolute Gasteiger partial charge is 0.283 e. The molecule has 5 atom stereocenters. The fraction of sp³-hybridized carbons (Fsp3) is 0.643. The molecule has 138 valence electrons. The van der Waals surface area contributed by atoms with E-state index in [0.717, 1.165) is 0 Å². The van der Waals surface area contributed by atoms with E-state index < -0.39 is 24.5 Å². The minimum atomic E-state index is -0.921. The van der Waals surface area contributed by atoms with Gasteiger partial charge in [-0.3, -0.25) is 4.79 Å². The molecule has 2 aromatic rings. The molecule has 0 bridgehead atoms. The lowest BCUT2D eigenvalue weighted by molar-refractivity contribution is -0.00588. The number of aromatic nitrogens is 4. The molecular weight excluding hydrogens is 334 g/mol. The minimum Gasteiger partial charge on any atom is -0.394 e. The van der Waals surface area contributed by atoms with Crippen molar-refractivity contribution in [2.24, 2.45) is 0 Å². The van der Waals surface area contributed by atoms with Gasteiger partial charge in [0.1, 0.15) is 24.5 Å². The number of nitrogens with zero attached hydrogens (tertiary/aromatic N) is 3. The van der Waals surface area contributed by atoms with Gasteiger partial charge in [-0.2, -0.15) is 4.98 Å². The van der Waals surface area contributed by atoms with Crippen LogP contribution in [0.1, 0.15) is 19.6 Å². The molecule has 2 aliphatic rings. The lowest BCUT2D eigenvalue weighted by Crippen LogP contribution is -2.37. The summed E-state index contributed by atoms with van der Waals surface area (Å²) in [5, 5.41) is 39.1. The number of imidazole rings is 1. The summed E-state index contributed by atoms with van der Waals surface area (Å²) in [5.74, 6) is 0.371. The Bertz CT molecular complexity index is 792. The molecule has 4 heterocycles. The first-order valence-corrected chi connectivity index (χ1v) is 7.91. The number of ether oxygens (including phenoxy) is 1. The molecule has 0 spiro atoms. The first-order chi connectivity index (χ1) is 11.9. The lowest BCUT2D eigenvalue weighted by Gasteiger charge is -2.28. The van der Waals surface area contributed by atoms with Gasteiger partial charge in [0.25, 0.3) is 5.56 Å². The number of aromatic amines is 1. The lowest BCUT2D eigenvalue weighted by atomic mass is 10.2. The third-order valence-electron chi connectivity index (χ3n) is 4.17. The number of fused-ring (bicyclic) bond motifs is 2. The number of aliphatic hydroxyl groups excluding tert-OH is 4. The summed E-state index contributed by atoms with van der Waals surface area (Å²) in [7, 11) is 0. The molecule has 0 radical (unpaired) electrons. The molecule has 25 heavy (non-hydrogen) atoms. The Labute approximate surface area is 141 Å². The van der Waals surface area contributed by atoms with E-state index in [9.17, 15) is 9.90 Å². The Kier molecular flexibility index (Phi) is 5.01. The van der Waals surface area contributed by atoms with Gasteiger partial charge in [0.15, 0.2) is 11.2 Å². The van der Waals surface area contributed by atoms with Crippen LogP contribution in [0.5, 0.6) is 0 Å².